The molecule has 1 N–H and O–H groups in total. The highest BCUT2D eigenvalue weighted by atomic mass is 79.9. The molecule has 1 aliphatic heterocycles. The number of hydrogen-bond acceptors (Lipinski definition) is 3. The number of rotatable bonds is 3. The van der Waals surface area contributed by atoms with Gasteiger partial charge in [-0.05, 0) is 48.1 Å². The number of amides is 1. The van der Waals surface area contributed by atoms with Gasteiger partial charge in [-0.25, -0.2) is 8.42 Å². The van der Waals surface area contributed by atoms with Crippen molar-refractivity contribution in [3.05, 3.63) is 64.1 Å². The van der Waals surface area contributed by atoms with Crippen molar-refractivity contribution in [1.29, 1.82) is 0 Å². The smallest absolute Gasteiger partial charge is 0.224 e. The molecule has 6 heteroatoms. The highest BCUT2D eigenvalue weighted by Crippen LogP contribution is 2.48. The number of nitrogens with one attached hydrogen (secondary N) is 1. The van der Waals surface area contributed by atoms with Crippen LogP contribution in [0.4, 0.5) is 0 Å². The normalized spacial score (nSPS) is 26.5. The van der Waals surface area contributed by atoms with E-state index in [4.69, 9.17) is 0 Å². The molecule has 2 aromatic carbocycles. The fraction of sp³-hybridized carbons (Fsp3) is 0.316. The SMILES string of the molecule is O=C(NC1CCS(=O)(=O)c2ccccc21)C1CC1c1ccc(Br)cc1. The Labute approximate surface area is 155 Å². The van der Waals surface area contributed by atoms with Crippen molar-refractivity contribution >= 4 is 31.7 Å². The predicted molar refractivity (Wildman–Crippen MR) is 99.0 cm³/mol. The fourth-order valence-corrected chi connectivity index (χ4v) is 5.47. The summed E-state index contributed by atoms with van der Waals surface area (Å²) < 4.78 is 25.4. The lowest BCUT2D eigenvalue weighted by Crippen LogP contribution is -2.34. The summed E-state index contributed by atoms with van der Waals surface area (Å²) in [4.78, 5) is 13.0. The lowest BCUT2D eigenvalue weighted by Gasteiger charge is -2.26. The number of hydrogen-bond donors (Lipinski definition) is 1. The van der Waals surface area contributed by atoms with Crippen LogP contribution in [0.3, 0.4) is 0 Å². The Balaban J connectivity index is 1.48. The van der Waals surface area contributed by atoms with Crippen LogP contribution in [-0.4, -0.2) is 20.1 Å². The van der Waals surface area contributed by atoms with Gasteiger partial charge in [0.25, 0.3) is 0 Å². The van der Waals surface area contributed by atoms with Gasteiger partial charge in [-0.2, -0.15) is 0 Å². The average molecular weight is 420 g/mol. The zero-order chi connectivity index (χ0) is 17.6. The van der Waals surface area contributed by atoms with E-state index in [1.165, 1.54) is 5.56 Å². The van der Waals surface area contributed by atoms with Gasteiger partial charge in [-0.3, -0.25) is 4.79 Å². The topological polar surface area (TPSA) is 63.2 Å². The van der Waals surface area contributed by atoms with Gasteiger partial charge in [0.1, 0.15) is 0 Å². The molecule has 2 aliphatic rings. The molecule has 2 aromatic rings. The Bertz CT molecular complexity index is 924. The first kappa shape index (κ1) is 16.8. The number of sulfone groups is 1. The first-order valence-electron chi connectivity index (χ1n) is 8.33. The summed E-state index contributed by atoms with van der Waals surface area (Å²) in [5.74, 6) is 0.338. The lowest BCUT2D eigenvalue weighted by atomic mass is 10.0. The Morgan fingerprint density at radius 1 is 1.08 bits per heavy atom. The molecule has 130 valence electrons. The molecule has 4 rings (SSSR count). The number of fused-ring (bicyclic) bond motifs is 1. The largest absolute Gasteiger partial charge is 0.349 e. The van der Waals surface area contributed by atoms with E-state index in [2.05, 4.69) is 21.2 Å². The van der Waals surface area contributed by atoms with Crippen LogP contribution in [0, 0.1) is 5.92 Å². The molecule has 0 aromatic heterocycles. The van der Waals surface area contributed by atoms with E-state index in [-0.39, 0.29) is 29.5 Å². The molecule has 0 saturated heterocycles. The van der Waals surface area contributed by atoms with Crippen molar-refractivity contribution in [2.24, 2.45) is 5.92 Å². The third-order valence-electron chi connectivity index (χ3n) is 5.05. The van der Waals surface area contributed by atoms with Crippen molar-refractivity contribution in [3.8, 4) is 0 Å². The number of halogens is 1. The van der Waals surface area contributed by atoms with Gasteiger partial charge in [0.15, 0.2) is 9.84 Å². The summed E-state index contributed by atoms with van der Waals surface area (Å²) in [6, 6.07) is 14.8. The summed E-state index contributed by atoms with van der Waals surface area (Å²) in [5, 5.41) is 3.07. The van der Waals surface area contributed by atoms with Crippen LogP contribution >= 0.6 is 15.9 Å². The van der Waals surface area contributed by atoms with Gasteiger partial charge in [0.2, 0.25) is 5.91 Å². The van der Waals surface area contributed by atoms with Crippen molar-refractivity contribution in [2.75, 3.05) is 5.75 Å². The second-order valence-corrected chi connectivity index (χ2v) is 9.70. The van der Waals surface area contributed by atoms with Gasteiger partial charge >= 0.3 is 0 Å². The van der Waals surface area contributed by atoms with Gasteiger partial charge in [0, 0.05) is 10.4 Å². The maximum atomic E-state index is 12.6. The Morgan fingerprint density at radius 3 is 2.56 bits per heavy atom. The first-order valence-corrected chi connectivity index (χ1v) is 10.8. The number of carbonyl (C=O) groups excluding carboxylic acids is 1. The summed E-state index contributed by atoms with van der Waals surface area (Å²) >= 11 is 3.42. The maximum Gasteiger partial charge on any atom is 0.224 e. The van der Waals surface area contributed by atoms with Crippen LogP contribution in [0.1, 0.15) is 35.9 Å². The molecule has 1 heterocycles. The molecular weight excluding hydrogens is 402 g/mol. The molecule has 0 bridgehead atoms. The second kappa shape index (κ2) is 6.25. The van der Waals surface area contributed by atoms with E-state index in [9.17, 15) is 13.2 Å². The van der Waals surface area contributed by atoms with E-state index >= 15 is 0 Å². The summed E-state index contributed by atoms with van der Waals surface area (Å²) in [6.45, 7) is 0. The van der Waals surface area contributed by atoms with Crippen LogP contribution in [0.2, 0.25) is 0 Å². The minimum Gasteiger partial charge on any atom is -0.349 e. The molecule has 3 atom stereocenters. The van der Waals surface area contributed by atoms with Crippen molar-refractivity contribution in [1.82, 2.24) is 5.32 Å². The molecule has 3 unspecified atom stereocenters. The molecule has 0 spiro atoms. The fourth-order valence-electron chi connectivity index (χ4n) is 3.58. The van der Waals surface area contributed by atoms with Crippen LogP contribution in [0.15, 0.2) is 57.9 Å². The summed E-state index contributed by atoms with van der Waals surface area (Å²) in [5.41, 5.74) is 1.89. The van der Waals surface area contributed by atoms with Crippen molar-refractivity contribution in [2.45, 2.75) is 29.7 Å². The monoisotopic (exact) mass is 419 g/mol. The van der Waals surface area contributed by atoms with Crippen LogP contribution in [-0.2, 0) is 14.6 Å². The lowest BCUT2D eigenvalue weighted by molar-refractivity contribution is -0.123. The van der Waals surface area contributed by atoms with E-state index in [1.54, 1.807) is 18.2 Å². The maximum absolute atomic E-state index is 12.6. The van der Waals surface area contributed by atoms with Gasteiger partial charge in [-0.15, -0.1) is 0 Å². The predicted octanol–water partition coefficient (Wildman–Crippen LogP) is 3.59. The van der Waals surface area contributed by atoms with Gasteiger partial charge in [0.05, 0.1) is 16.7 Å². The zero-order valence-corrected chi connectivity index (χ0v) is 15.9. The number of carbonyl (C=O) groups is 1. The highest BCUT2D eigenvalue weighted by molar-refractivity contribution is 9.10. The Morgan fingerprint density at radius 2 is 1.80 bits per heavy atom. The van der Waals surface area contributed by atoms with E-state index in [0.29, 0.717) is 16.9 Å². The summed E-state index contributed by atoms with van der Waals surface area (Å²) in [7, 11) is -3.23. The molecule has 1 saturated carbocycles. The van der Waals surface area contributed by atoms with Crippen LogP contribution in [0.5, 0.6) is 0 Å². The van der Waals surface area contributed by atoms with Crippen molar-refractivity contribution in [3.63, 3.8) is 0 Å². The minimum absolute atomic E-state index is 0.0204. The van der Waals surface area contributed by atoms with Crippen molar-refractivity contribution < 1.29 is 13.2 Å². The summed E-state index contributed by atoms with van der Waals surface area (Å²) in [6.07, 6.45) is 1.28. The average Bonchev–Trinajstić information content (AvgIpc) is 3.39. The van der Waals surface area contributed by atoms with Gasteiger partial charge < -0.3 is 5.32 Å². The zero-order valence-electron chi connectivity index (χ0n) is 13.5. The molecule has 1 amide bonds. The Kier molecular flexibility index (Phi) is 4.20. The number of benzene rings is 2. The quantitative estimate of drug-likeness (QED) is 0.826. The standard InChI is InChI=1S/C19H18BrNO3S/c20-13-7-5-12(6-8-13)15-11-16(15)19(22)21-17-9-10-25(23,24)18-4-2-1-3-14(17)18/h1-8,15-17H,9-11H2,(H,21,22). The van der Waals surface area contributed by atoms with E-state index in [1.807, 2.05) is 30.3 Å². The van der Waals surface area contributed by atoms with E-state index < -0.39 is 9.84 Å². The minimum atomic E-state index is -3.23. The first-order chi connectivity index (χ1) is 12.0. The molecule has 0 radical (unpaired) electrons. The molecule has 25 heavy (non-hydrogen) atoms. The third kappa shape index (κ3) is 3.25. The third-order valence-corrected chi connectivity index (χ3v) is 7.39. The molecule has 1 aliphatic carbocycles. The molecule has 1 fully saturated rings. The highest BCUT2D eigenvalue weighted by Gasteiger charge is 2.45. The molecule has 4 nitrogen and oxygen atoms in total. The Hall–Kier alpha value is -1.66. The van der Waals surface area contributed by atoms with E-state index in [0.717, 1.165) is 10.9 Å². The van der Waals surface area contributed by atoms with Crippen LogP contribution in [0.25, 0.3) is 0 Å². The molecular formula is C19H18BrNO3S. The van der Waals surface area contributed by atoms with Gasteiger partial charge in [-0.1, -0.05) is 46.3 Å². The van der Waals surface area contributed by atoms with Crippen LogP contribution < -0.4 is 5.32 Å². The second-order valence-electron chi connectivity index (χ2n) is 6.71.